The highest BCUT2D eigenvalue weighted by Gasteiger charge is 2.12. The van der Waals surface area contributed by atoms with Gasteiger partial charge in [-0.05, 0) is 24.6 Å². The Bertz CT molecular complexity index is 1110. The molecule has 0 amide bonds. The van der Waals surface area contributed by atoms with Crippen LogP contribution in [-0.2, 0) is 0 Å². The molecule has 2 aromatic carbocycles. The van der Waals surface area contributed by atoms with E-state index in [1.807, 2.05) is 60.7 Å². The lowest BCUT2D eigenvalue weighted by atomic mass is 10.2. The number of aromatic nitrogens is 4. The van der Waals surface area contributed by atoms with Gasteiger partial charge in [0.15, 0.2) is 11.5 Å². The van der Waals surface area contributed by atoms with Crippen LogP contribution in [0.1, 0.15) is 5.69 Å². The predicted octanol–water partition coefficient (Wildman–Crippen LogP) is 4.28. The van der Waals surface area contributed by atoms with Gasteiger partial charge in [0, 0.05) is 6.07 Å². The van der Waals surface area contributed by atoms with Crippen LogP contribution in [0, 0.1) is 6.92 Å². The van der Waals surface area contributed by atoms with E-state index in [0.717, 1.165) is 16.9 Å². The zero-order valence-electron chi connectivity index (χ0n) is 14.0. The maximum atomic E-state index is 12.6. The summed E-state index contributed by atoms with van der Waals surface area (Å²) in [5, 5.41) is 18.3. The monoisotopic (exact) mass is 344 g/mol. The molecule has 0 atom stereocenters. The fraction of sp³-hybridized carbons (Fsp3) is 0.0526. The Balaban J connectivity index is 1.63. The van der Waals surface area contributed by atoms with E-state index in [4.69, 9.17) is 0 Å². The molecule has 0 bridgehead atoms. The van der Waals surface area contributed by atoms with Crippen molar-refractivity contribution in [1.82, 2.24) is 20.0 Å². The van der Waals surface area contributed by atoms with Crippen LogP contribution in [0.25, 0.3) is 16.9 Å². The summed E-state index contributed by atoms with van der Waals surface area (Å²) in [5.74, 6) is 0.412. The molecule has 26 heavy (non-hydrogen) atoms. The van der Waals surface area contributed by atoms with Gasteiger partial charge in [0.1, 0.15) is 0 Å². The molecule has 4 aromatic rings. The molecule has 0 spiro atoms. The van der Waals surface area contributed by atoms with E-state index in [1.54, 1.807) is 13.0 Å². The Labute approximate surface area is 149 Å². The number of azo groups is 1. The molecule has 0 radical (unpaired) electrons. The van der Waals surface area contributed by atoms with Gasteiger partial charge in [-0.25, -0.2) is 4.68 Å². The van der Waals surface area contributed by atoms with Gasteiger partial charge in [0.25, 0.3) is 5.56 Å². The minimum Gasteiger partial charge on any atom is -0.293 e. The molecule has 0 aliphatic rings. The molecule has 2 heterocycles. The van der Waals surface area contributed by atoms with Crippen molar-refractivity contribution >= 4 is 11.5 Å². The van der Waals surface area contributed by atoms with Gasteiger partial charge >= 0.3 is 0 Å². The third-order valence-electron chi connectivity index (χ3n) is 3.96. The highest BCUT2D eigenvalue weighted by Crippen LogP contribution is 2.22. The maximum Gasteiger partial charge on any atom is 0.299 e. The van der Waals surface area contributed by atoms with Gasteiger partial charge in [0.2, 0.25) is 0 Å². The van der Waals surface area contributed by atoms with Crippen molar-refractivity contribution in [3.8, 4) is 16.9 Å². The lowest BCUT2D eigenvalue weighted by Crippen LogP contribution is -2.13. The smallest absolute Gasteiger partial charge is 0.293 e. The number of nitrogens with zero attached hydrogens (tertiary/aromatic N) is 4. The fourth-order valence-electron chi connectivity index (χ4n) is 2.64. The number of benzene rings is 2. The average molecular weight is 344 g/mol. The van der Waals surface area contributed by atoms with Gasteiger partial charge in [0.05, 0.1) is 17.1 Å². The van der Waals surface area contributed by atoms with Gasteiger partial charge < -0.3 is 0 Å². The number of para-hydroxylation sites is 1. The number of aryl methyl sites for hydroxylation is 1. The lowest BCUT2D eigenvalue weighted by Gasteiger charge is -1.99. The normalized spacial score (nSPS) is 11.3. The van der Waals surface area contributed by atoms with E-state index in [1.165, 1.54) is 4.68 Å². The second-order valence-corrected chi connectivity index (χ2v) is 5.77. The first-order valence-corrected chi connectivity index (χ1v) is 8.12. The molecule has 0 fully saturated rings. The third kappa shape index (κ3) is 2.98. The fourth-order valence-corrected chi connectivity index (χ4v) is 2.64. The van der Waals surface area contributed by atoms with Gasteiger partial charge in [-0.2, -0.15) is 5.10 Å². The SMILES string of the molecule is Cc1[nH]n(-c2ccccc2)c(=O)c1N=Nc1cc(-c2ccccc2)[nH]n1. The highest BCUT2D eigenvalue weighted by atomic mass is 16.1. The van der Waals surface area contributed by atoms with Crippen LogP contribution in [0.5, 0.6) is 0 Å². The first-order chi connectivity index (χ1) is 12.7. The molecule has 2 aromatic heterocycles. The molecule has 7 nitrogen and oxygen atoms in total. The molecule has 128 valence electrons. The summed E-state index contributed by atoms with van der Waals surface area (Å²) in [6.45, 7) is 1.79. The second kappa shape index (κ2) is 6.64. The van der Waals surface area contributed by atoms with Crippen LogP contribution in [0.4, 0.5) is 11.5 Å². The first-order valence-electron chi connectivity index (χ1n) is 8.12. The Morgan fingerprint density at radius 2 is 1.65 bits per heavy atom. The van der Waals surface area contributed by atoms with Crippen molar-refractivity contribution < 1.29 is 0 Å². The number of hydrogen-bond acceptors (Lipinski definition) is 4. The average Bonchev–Trinajstić information content (AvgIpc) is 3.26. The third-order valence-corrected chi connectivity index (χ3v) is 3.96. The number of aromatic amines is 2. The van der Waals surface area contributed by atoms with Crippen LogP contribution >= 0.6 is 0 Å². The summed E-state index contributed by atoms with van der Waals surface area (Å²) < 4.78 is 1.45. The van der Waals surface area contributed by atoms with Crippen LogP contribution in [0.15, 0.2) is 81.8 Å². The lowest BCUT2D eigenvalue weighted by molar-refractivity contribution is 0.835. The molecular formula is C19H16N6O. The summed E-state index contributed by atoms with van der Waals surface area (Å²) in [6.07, 6.45) is 0. The number of H-pyrrole nitrogens is 2. The predicted molar refractivity (Wildman–Crippen MR) is 99.3 cm³/mol. The Hall–Kier alpha value is -3.74. The zero-order chi connectivity index (χ0) is 17.9. The van der Waals surface area contributed by atoms with Crippen LogP contribution in [-0.4, -0.2) is 20.0 Å². The zero-order valence-corrected chi connectivity index (χ0v) is 14.0. The largest absolute Gasteiger partial charge is 0.299 e. The van der Waals surface area contributed by atoms with E-state index >= 15 is 0 Å². The van der Waals surface area contributed by atoms with Gasteiger partial charge in [-0.1, -0.05) is 48.5 Å². The maximum absolute atomic E-state index is 12.6. The summed E-state index contributed by atoms with van der Waals surface area (Å²) in [4.78, 5) is 12.6. The van der Waals surface area contributed by atoms with Crippen molar-refractivity contribution in [2.45, 2.75) is 6.92 Å². The molecule has 0 aliphatic heterocycles. The van der Waals surface area contributed by atoms with Crippen molar-refractivity contribution in [1.29, 1.82) is 0 Å². The molecular weight excluding hydrogens is 328 g/mol. The standard InChI is InChI=1S/C19H16N6O/c1-13-18(19(26)25(24-13)15-10-6-3-7-11-15)23-22-17-12-16(20-21-17)14-8-4-2-5-9-14/h2-12,24H,1H3,(H,20,21). The molecule has 0 saturated carbocycles. The van der Waals surface area contributed by atoms with Crippen molar-refractivity contribution in [2.75, 3.05) is 0 Å². The van der Waals surface area contributed by atoms with E-state index in [-0.39, 0.29) is 11.2 Å². The summed E-state index contributed by atoms with van der Waals surface area (Å²) in [7, 11) is 0. The van der Waals surface area contributed by atoms with Gasteiger partial charge in [-0.3, -0.25) is 15.0 Å². The minimum absolute atomic E-state index is 0.253. The molecule has 0 saturated heterocycles. The Morgan fingerprint density at radius 3 is 2.38 bits per heavy atom. The Kier molecular flexibility index (Phi) is 4.03. The summed E-state index contributed by atoms with van der Waals surface area (Å²) in [6, 6.07) is 20.9. The van der Waals surface area contributed by atoms with Gasteiger partial charge in [-0.15, -0.1) is 10.2 Å². The van der Waals surface area contributed by atoms with E-state index in [2.05, 4.69) is 25.5 Å². The molecule has 4 rings (SSSR count). The van der Waals surface area contributed by atoms with Crippen LogP contribution < -0.4 is 5.56 Å². The van der Waals surface area contributed by atoms with E-state index in [9.17, 15) is 4.79 Å². The molecule has 2 N–H and O–H groups in total. The molecule has 0 unspecified atom stereocenters. The molecule has 7 heteroatoms. The minimum atomic E-state index is -0.253. The number of hydrogen-bond donors (Lipinski definition) is 2. The van der Waals surface area contributed by atoms with Crippen LogP contribution in [0.2, 0.25) is 0 Å². The topological polar surface area (TPSA) is 91.2 Å². The van der Waals surface area contributed by atoms with E-state index in [0.29, 0.717) is 11.5 Å². The van der Waals surface area contributed by atoms with Crippen LogP contribution in [0.3, 0.4) is 0 Å². The van der Waals surface area contributed by atoms with Crippen molar-refractivity contribution in [2.24, 2.45) is 10.2 Å². The molecule has 0 aliphatic carbocycles. The van der Waals surface area contributed by atoms with Crippen molar-refractivity contribution in [3.63, 3.8) is 0 Å². The summed E-state index contributed by atoms with van der Waals surface area (Å²) in [5.41, 5.74) is 3.24. The number of nitrogens with one attached hydrogen (secondary N) is 2. The first kappa shape index (κ1) is 15.8. The Morgan fingerprint density at radius 1 is 0.962 bits per heavy atom. The number of rotatable bonds is 4. The summed E-state index contributed by atoms with van der Waals surface area (Å²) >= 11 is 0. The van der Waals surface area contributed by atoms with E-state index < -0.39 is 0 Å². The van der Waals surface area contributed by atoms with Crippen molar-refractivity contribution in [3.05, 3.63) is 82.8 Å². The second-order valence-electron chi connectivity index (χ2n) is 5.77. The quantitative estimate of drug-likeness (QED) is 0.541. The highest BCUT2D eigenvalue weighted by molar-refractivity contribution is 5.61.